The van der Waals surface area contributed by atoms with Crippen molar-refractivity contribution in [3.63, 3.8) is 0 Å². The molecule has 146 valence electrons. The fourth-order valence-corrected chi connectivity index (χ4v) is 2.95. The van der Waals surface area contributed by atoms with E-state index in [0.717, 1.165) is 25.7 Å². The SMILES string of the molecule is C/C=C\C.C=CCC1(C(=O)OCC)CCC2(CC1)OCCO2.CCC. The maximum absolute atomic E-state index is 12.2. The molecule has 0 radical (unpaired) electrons. The molecule has 2 rings (SSSR count). The molecule has 1 aliphatic heterocycles. The highest BCUT2D eigenvalue weighted by Gasteiger charge is 2.49. The second-order valence-electron chi connectivity index (χ2n) is 6.47. The number of carbonyl (C=O) groups is 1. The summed E-state index contributed by atoms with van der Waals surface area (Å²) in [6.07, 6.45) is 10.8. The number of carbonyl (C=O) groups excluding carboxylic acids is 1. The Morgan fingerprint density at radius 2 is 1.52 bits per heavy atom. The summed E-state index contributed by atoms with van der Waals surface area (Å²) in [6.45, 7) is 15.6. The van der Waals surface area contributed by atoms with Gasteiger partial charge in [-0.1, -0.05) is 38.5 Å². The van der Waals surface area contributed by atoms with Gasteiger partial charge in [-0.3, -0.25) is 4.79 Å². The second kappa shape index (κ2) is 13.1. The van der Waals surface area contributed by atoms with Gasteiger partial charge in [0.2, 0.25) is 0 Å². The molecule has 4 nitrogen and oxygen atoms in total. The van der Waals surface area contributed by atoms with Crippen molar-refractivity contribution in [2.45, 2.75) is 78.9 Å². The molecule has 25 heavy (non-hydrogen) atoms. The first-order valence-electron chi connectivity index (χ1n) is 9.63. The van der Waals surface area contributed by atoms with Gasteiger partial charge in [-0.15, -0.1) is 6.58 Å². The second-order valence-corrected chi connectivity index (χ2v) is 6.47. The highest BCUT2D eigenvalue weighted by atomic mass is 16.7. The maximum Gasteiger partial charge on any atom is 0.312 e. The van der Waals surface area contributed by atoms with Gasteiger partial charge in [0, 0.05) is 12.8 Å². The highest BCUT2D eigenvalue weighted by Crippen LogP contribution is 2.47. The molecule has 0 aromatic carbocycles. The van der Waals surface area contributed by atoms with Gasteiger partial charge in [-0.25, -0.2) is 0 Å². The van der Waals surface area contributed by atoms with E-state index in [1.165, 1.54) is 6.42 Å². The number of ether oxygens (including phenoxy) is 3. The van der Waals surface area contributed by atoms with Gasteiger partial charge in [0.05, 0.1) is 25.2 Å². The van der Waals surface area contributed by atoms with Crippen LogP contribution in [0.4, 0.5) is 0 Å². The number of allylic oxidation sites excluding steroid dienone is 3. The van der Waals surface area contributed by atoms with Crippen molar-refractivity contribution >= 4 is 5.97 Å². The first-order chi connectivity index (χ1) is 12.0. The zero-order valence-electron chi connectivity index (χ0n) is 16.9. The molecule has 1 heterocycles. The van der Waals surface area contributed by atoms with E-state index in [2.05, 4.69) is 20.4 Å². The summed E-state index contributed by atoms with van der Waals surface area (Å²) >= 11 is 0. The van der Waals surface area contributed by atoms with E-state index in [1.807, 2.05) is 39.0 Å². The molecule has 1 saturated heterocycles. The molecule has 0 amide bonds. The monoisotopic (exact) mass is 354 g/mol. The summed E-state index contributed by atoms with van der Waals surface area (Å²) in [5.74, 6) is -0.533. The van der Waals surface area contributed by atoms with Crippen LogP contribution < -0.4 is 0 Å². The van der Waals surface area contributed by atoms with Crippen LogP contribution in [0.5, 0.6) is 0 Å². The van der Waals surface area contributed by atoms with Crippen LogP contribution in [0.1, 0.15) is 73.1 Å². The van der Waals surface area contributed by atoms with Crippen LogP contribution in [0.25, 0.3) is 0 Å². The molecule has 2 aliphatic rings. The third-order valence-electron chi connectivity index (χ3n) is 4.36. The Hall–Kier alpha value is -1.13. The summed E-state index contributed by atoms with van der Waals surface area (Å²) in [6, 6.07) is 0. The largest absolute Gasteiger partial charge is 0.466 e. The summed E-state index contributed by atoms with van der Waals surface area (Å²) in [5.41, 5.74) is -0.418. The first-order valence-corrected chi connectivity index (χ1v) is 9.63. The molecular weight excluding hydrogens is 316 g/mol. The van der Waals surface area contributed by atoms with E-state index in [1.54, 1.807) is 0 Å². The lowest BCUT2D eigenvalue weighted by Crippen LogP contribution is -2.44. The van der Waals surface area contributed by atoms with Crippen molar-refractivity contribution < 1.29 is 19.0 Å². The van der Waals surface area contributed by atoms with E-state index in [9.17, 15) is 4.79 Å². The number of rotatable bonds is 4. The van der Waals surface area contributed by atoms with Crippen LogP contribution in [0.15, 0.2) is 24.8 Å². The van der Waals surface area contributed by atoms with Crippen LogP contribution in [0, 0.1) is 5.41 Å². The average molecular weight is 355 g/mol. The van der Waals surface area contributed by atoms with Crippen molar-refractivity contribution in [2.24, 2.45) is 5.41 Å². The minimum Gasteiger partial charge on any atom is -0.466 e. The summed E-state index contributed by atoms with van der Waals surface area (Å²) in [7, 11) is 0. The fraction of sp³-hybridized carbons (Fsp3) is 0.762. The van der Waals surface area contributed by atoms with Gasteiger partial charge in [0.1, 0.15) is 0 Å². The Balaban J connectivity index is 0.000000708. The minimum atomic E-state index is -0.433. The van der Waals surface area contributed by atoms with Gasteiger partial charge >= 0.3 is 5.97 Å². The van der Waals surface area contributed by atoms with E-state index in [0.29, 0.717) is 26.2 Å². The van der Waals surface area contributed by atoms with E-state index in [-0.39, 0.29) is 5.97 Å². The van der Waals surface area contributed by atoms with Gasteiger partial charge in [-0.2, -0.15) is 0 Å². The van der Waals surface area contributed by atoms with Crippen LogP contribution in [0.3, 0.4) is 0 Å². The lowest BCUT2D eigenvalue weighted by atomic mass is 9.70. The van der Waals surface area contributed by atoms with Gasteiger partial charge in [0.15, 0.2) is 5.79 Å². The van der Waals surface area contributed by atoms with Crippen molar-refractivity contribution in [3.05, 3.63) is 24.8 Å². The Morgan fingerprint density at radius 3 is 1.88 bits per heavy atom. The normalized spacial score (nSPS) is 20.2. The van der Waals surface area contributed by atoms with Crippen LogP contribution in [-0.4, -0.2) is 31.6 Å². The molecule has 1 aliphatic carbocycles. The minimum absolute atomic E-state index is 0.0993. The molecule has 2 fully saturated rings. The summed E-state index contributed by atoms with van der Waals surface area (Å²) in [4.78, 5) is 12.2. The van der Waals surface area contributed by atoms with Crippen LogP contribution in [-0.2, 0) is 19.0 Å². The topological polar surface area (TPSA) is 44.8 Å². The number of hydrogen-bond acceptors (Lipinski definition) is 4. The molecule has 0 unspecified atom stereocenters. The molecule has 0 bridgehead atoms. The molecule has 0 atom stereocenters. The maximum atomic E-state index is 12.2. The predicted octanol–water partition coefficient (Wildman–Crippen LogP) is 5.43. The zero-order valence-corrected chi connectivity index (χ0v) is 16.9. The predicted molar refractivity (Wildman–Crippen MR) is 103 cm³/mol. The fourth-order valence-electron chi connectivity index (χ4n) is 2.95. The average Bonchev–Trinajstić information content (AvgIpc) is 3.07. The van der Waals surface area contributed by atoms with Gasteiger partial charge in [-0.05, 0) is 40.0 Å². The smallest absolute Gasteiger partial charge is 0.312 e. The third kappa shape index (κ3) is 7.74. The third-order valence-corrected chi connectivity index (χ3v) is 4.36. The van der Waals surface area contributed by atoms with Crippen molar-refractivity contribution in [1.82, 2.24) is 0 Å². The molecule has 0 aromatic rings. The van der Waals surface area contributed by atoms with Crippen molar-refractivity contribution in [1.29, 1.82) is 0 Å². The Labute approximate surface area is 154 Å². The molecule has 0 N–H and O–H groups in total. The van der Waals surface area contributed by atoms with E-state index < -0.39 is 11.2 Å². The highest BCUT2D eigenvalue weighted by molar-refractivity contribution is 5.77. The molecule has 4 heteroatoms. The lowest BCUT2D eigenvalue weighted by molar-refractivity contribution is -0.199. The van der Waals surface area contributed by atoms with Crippen LogP contribution in [0.2, 0.25) is 0 Å². The van der Waals surface area contributed by atoms with Crippen molar-refractivity contribution in [3.8, 4) is 0 Å². The summed E-state index contributed by atoms with van der Waals surface area (Å²) in [5, 5.41) is 0. The molecule has 0 aromatic heterocycles. The molecule has 1 saturated carbocycles. The number of hydrogen-bond donors (Lipinski definition) is 0. The Bertz CT molecular complexity index is 381. The lowest BCUT2D eigenvalue weighted by Gasteiger charge is -2.41. The quantitative estimate of drug-likeness (QED) is 0.499. The van der Waals surface area contributed by atoms with Crippen LogP contribution >= 0.6 is 0 Å². The van der Waals surface area contributed by atoms with Gasteiger partial charge in [0.25, 0.3) is 0 Å². The molecular formula is C21H38O4. The Morgan fingerprint density at radius 1 is 1.04 bits per heavy atom. The zero-order chi connectivity index (χ0) is 19.2. The van der Waals surface area contributed by atoms with Gasteiger partial charge < -0.3 is 14.2 Å². The van der Waals surface area contributed by atoms with Crippen molar-refractivity contribution in [2.75, 3.05) is 19.8 Å². The van der Waals surface area contributed by atoms with E-state index >= 15 is 0 Å². The Kier molecular flexibility index (Phi) is 12.5. The molecule has 1 spiro atoms. The first kappa shape index (κ1) is 23.9. The van der Waals surface area contributed by atoms with E-state index in [4.69, 9.17) is 14.2 Å². The summed E-state index contributed by atoms with van der Waals surface area (Å²) < 4.78 is 16.6. The number of esters is 1. The standard InChI is InChI=1S/C14H22O4.C4H8.C3H8/c1-3-5-13(12(15)16-4-2)6-8-14(9-7-13)17-10-11-18-14;1-3-4-2;1-3-2/h3H,1,4-11H2,2H3;3-4H,1-2H3;3H2,1-2H3/b;4-3-;.